The van der Waals surface area contributed by atoms with Crippen molar-refractivity contribution < 1.29 is 19.4 Å². The Morgan fingerprint density at radius 3 is 2.31 bits per heavy atom. The summed E-state index contributed by atoms with van der Waals surface area (Å²) < 4.78 is 5.23. The minimum absolute atomic E-state index is 0.0891. The molecule has 0 heterocycles. The van der Waals surface area contributed by atoms with E-state index in [1.54, 1.807) is 31.2 Å². The summed E-state index contributed by atoms with van der Waals surface area (Å²) in [5, 5.41) is 11.9. The van der Waals surface area contributed by atoms with Crippen molar-refractivity contribution in [2.45, 2.75) is 38.9 Å². The molecule has 26 heavy (non-hydrogen) atoms. The van der Waals surface area contributed by atoms with Crippen LogP contribution in [0.3, 0.4) is 0 Å². The molecule has 138 valence electrons. The molecule has 2 aromatic rings. The first-order valence-corrected chi connectivity index (χ1v) is 8.78. The number of amides is 1. The van der Waals surface area contributed by atoms with Crippen LogP contribution in [-0.4, -0.2) is 29.6 Å². The monoisotopic (exact) mass is 355 g/mol. The van der Waals surface area contributed by atoms with Crippen LogP contribution in [0, 0.1) is 0 Å². The van der Waals surface area contributed by atoms with Crippen LogP contribution in [0.25, 0.3) is 0 Å². The number of hydrogen-bond donors (Lipinski definition) is 2. The molecule has 0 unspecified atom stereocenters. The largest absolute Gasteiger partial charge is 0.449 e. The SMILES string of the molecule is CC[C@@H](CNC(=O)[C@H](C)OC(=O)c1ccc(CO)cc1)c1ccccc1. The lowest BCUT2D eigenvalue weighted by atomic mass is 9.96. The summed E-state index contributed by atoms with van der Waals surface area (Å²) in [5.74, 6) is -0.666. The van der Waals surface area contributed by atoms with E-state index in [1.807, 2.05) is 30.3 Å². The summed E-state index contributed by atoms with van der Waals surface area (Å²) in [6, 6.07) is 16.4. The molecule has 0 aliphatic carbocycles. The van der Waals surface area contributed by atoms with Crippen LogP contribution in [0.4, 0.5) is 0 Å². The summed E-state index contributed by atoms with van der Waals surface area (Å²) in [7, 11) is 0. The van der Waals surface area contributed by atoms with E-state index in [0.717, 1.165) is 6.42 Å². The molecule has 0 fully saturated rings. The number of aliphatic hydroxyl groups excluding tert-OH is 1. The number of ether oxygens (including phenoxy) is 1. The molecule has 0 bridgehead atoms. The van der Waals surface area contributed by atoms with Crippen molar-refractivity contribution in [3.05, 3.63) is 71.3 Å². The third-order valence-corrected chi connectivity index (χ3v) is 4.31. The second-order valence-electron chi connectivity index (χ2n) is 6.16. The maximum Gasteiger partial charge on any atom is 0.338 e. The van der Waals surface area contributed by atoms with E-state index < -0.39 is 12.1 Å². The number of rotatable bonds is 8. The molecule has 0 radical (unpaired) electrons. The molecule has 0 aliphatic rings. The Morgan fingerprint density at radius 1 is 1.08 bits per heavy atom. The molecule has 2 atom stereocenters. The highest BCUT2D eigenvalue weighted by molar-refractivity contribution is 5.92. The molecule has 2 rings (SSSR count). The maximum atomic E-state index is 12.2. The zero-order chi connectivity index (χ0) is 18.9. The average Bonchev–Trinajstić information content (AvgIpc) is 2.69. The molecule has 5 nitrogen and oxygen atoms in total. The number of carbonyl (C=O) groups is 2. The fourth-order valence-electron chi connectivity index (χ4n) is 2.62. The van der Waals surface area contributed by atoms with Gasteiger partial charge in [-0.2, -0.15) is 0 Å². The standard InChI is InChI=1S/C21H25NO4/c1-3-17(18-7-5-4-6-8-18)13-22-20(24)15(2)26-21(25)19-11-9-16(14-23)10-12-19/h4-12,15,17,23H,3,13-14H2,1-2H3,(H,22,24)/t15-,17-/m0/s1. The Labute approximate surface area is 154 Å². The highest BCUT2D eigenvalue weighted by Crippen LogP contribution is 2.18. The van der Waals surface area contributed by atoms with Crippen molar-refractivity contribution in [3.8, 4) is 0 Å². The van der Waals surface area contributed by atoms with Gasteiger partial charge in [0.05, 0.1) is 12.2 Å². The molecule has 2 N–H and O–H groups in total. The fourth-order valence-corrected chi connectivity index (χ4v) is 2.62. The van der Waals surface area contributed by atoms with E-state index in [1.165, 1.54) is 5.56 Å². The second kappa shape index (κ2) is 9.73. The zero-order valence-corrected chi connectivity index (χ0v) is 15.1. The molecule has 0 saturated heterocycles. The summed E-state index contributed by atoms with van der Waals surface area (Å²) in [5.41, 5.74) is 2.22. The summed E-state index contributed by atoms with van der Waals surface area (Å²) in [4.78, 5) is 24.4. The topological polar surface area (TPSA) is 75.6 Å². The molecular weight excluding hydrogens is 330 g/mol. The minimum Gasteiger partial charge on any atom is -0.449 e. The Bertz CT molecular complexity index is 713. The van der Waals surface area contributed by atoms with E-state index >= 15 is 0 Å². The van der Waals surface area contributed by atoms with Gasteiger partial charge in [0.2, 0.25) is 0 Å². The quantitative estimate of drug-likeness (QED) is 0.714. The van der Waals surface area contributed by atoms with Gasteiger partial charge in [0.25, 0.3) is 5.91 Å². The first-order valence-electron chi connectivity index (χ1n) is 8.78. The van der Waals surface area contributed by atoms with Crippen molar-refractivity contribution in [3.63, 3.8) is 0 Å². The summed E-state index contributed by atoms with van der Waals surface area (Å²) in [6.45, 7) is 4.03. The fraction of sp³-hybridized carbons (Fsp3) is 0.333. The van der Waals surface area contributed by atoms with Gasteiger partial charge in [-0.15, -0.1) is 0 Å². The van der Waals surface area contributed by atoms with E-state index in [0.29, 0.717) is 17.7 Å². The third-order valence-electron chi connectivity index (χ3n) is 4.31. The zero-order valence-electron chi connectivity index (χ0n) is 15.1. The average molecular weight is 355 g/mol. The number of esters is 1. The van der Waals surface area contributed by atoms with E-state index in [-0.39, 0.29) is 18.4 Å². The van der Waals surface area contributed by atoms with Gasteiger partial charge in [-0.05, 0) is 36.6 Å². The Hall–Kier alpha value is -2.66. The Balaban J connectivity index is 1.87. The molecule has 5 heteroatoms. The van der Waals surface area contributed by atoms with Crippen LogP contribution < -0.4 is 5.32 Å². The Kier molecular flexibility index (Phi) is 7.36. The van der Waals surface area contributed by atoms with Crippen molar-refractivity contribution in [2.75, 3.05) is 6.54 Å². The van der Waals surface area contributed by atoms with Crippen molar-refractivity contribution in [2.24, 2.45) is 0 Å². The van der Waals surface area contributed by atoms with Crippen LogP contribution in [0.1, 0.15) is 47.7 Å². The number of carbonyl (C=O) groups excluding carboxylic acids is 2. The smallest absolute Gasteiger partial charge is 0.338 e. The summed E-state index contributed by atoms with van der Waals surface area (Å²) in [6.07, 6.45) is 0.0173. The lowest BCUT2D eigenvalue weighted by Gasteiger charge is -2.18. The van der Waals surface area contributed by atoms with E-state index in [4.69, 9.17) is 9.84 Å². The third kappa shape index (κ3) is 5.43. The van der Waals surface area contributed by atoms with Gasteiger partial charge < -0.3 is 15.2 Å². The van der Waals surface area contributed by atoms with Gasteiger partial charge in [-0.25, -0.2) is 4.79 Å². The van der Waals surface area contributed by atoms with E-state index in [2.05, 4.69) is 12.2 Å². The molecule has 0 saturated carbocycles. The second-order valence-corrected chi connectivity index (χ2v) is 6.16. The van der Waals surface area contributed by atoms with Gasteiger partial charge >= 0.3 is 5.97 Å². The number of aliphatic hydroxyl groups is 1. The van der Waals surface area contributed by atoms with Crippen LogP contribution in [0.15, 0.2) is 54.6 Å². The van der Waals surface area contributed by atoms with Gasteiger partial charge in [0, 0.05) is 12.5 Å². The van der Waals surface area contributed by atoms with Gasteiger partial charge in [0.1, 0.15) is 0 Å². The maximum absolute atomic E-state index is 12.2. The molecular formula is C21H25NO4. The molecule has 0 aliphatic heterocycles. The van der Waals surface area contributed by atoms with Crippen LogP contribution >= 0.6 is 0 Å². The molecule has 1 amide bonds. The highest BCUT2D eigenvalue weighted by Gasteiger charge is 2.20. The minimum atomic E-state index is -0.881. The van der Waals surface area contributed by atoms with Crippen molar-refractivity contribution in [1.29, 1.82) is 0 Å². The highest BCUT2D eigenvalue weighted by atomic mass is 16.5. The van der Waals surface area contributed by atoms with Crippen LogP contribution in [-0.2, 0) is 16.1 Å². The van der Waals surface area contributed by atoms with Gasteiger partial charge in [0.15, 0.2) is 6.10 Å². The molecule has 0 spiro atoms. The van der Waals surface area contributed by atoms with Crippen molar-refractivity contribution in [1.82, 2.24) is 5.32 Å². The summed E-state index contributed by atoms with van der Waals surface area (Å²) >= 11 is 0. The molecule has 2 aromatic carbocycles. The first-order chi connectivity index (χ1) is 12.5. The van der Waals surface area contributed by atoms with Crippen LogP contribution in [0.5, 0.6) is 0 Å². The number of nitrogens with one attached hydrogen (secondary N) is 1. The predicted octanol–water partition coefficient (Wildman–Crippen LogP) is 3.03. The van der Waals surface area contributed by atoms with Gasteiger partial charge in [-0.3, -0.25) is 4.79 Å². The predicted molar refractivity (Wildman–Crippen MR) is 99.7 cm³/mol. The lowest BCUT2D eigenvalue weighted by molar-refractivity contribution is -0.129. The van der Waals surface area contributed by atoms with Crippen molar-refractivity contribution >= 4 is 11.9 Å². The first kappa shape index (κ1) is 19.7. The lowest BCUT2D eigenvalue weighted by Crippen LogP contribution is -2.38. The van der Waals surface area contributed by atoms with E-state index in [9.17, 15) is 9.59 Å². The molecule has 0 aromatic heterocycles. The number of hydrogen-bond acceptors (Lipinski definition) is 4. The number of benzene rings is 2. The van der Waals surface area contributed by atoms with Crippen LogP contribution in [0.2, 0.25) is 0 Å². The Morgan fingerprint density at radius 2 is 1.73 bits per heavy atom. The normalized spacial score (nSPS) is 12.9. The van der Waals surface area contributed by atoms with Gasteiger partial charge in [-0.1, -0.05) is 49.4 Å².